The minimum absolute atomic E-state index is 0.278. The largest absolute Gasteiger partial charge is 0.481 e. The number of hydrogen-bond acceptors (Lipinski definition) is 3. The third kappa shape index (κ3) is 23.0. The summed E-state index contributed by atoms with van der Waals surface area (Å²) in [5.74, 6) is 4.93. The first-order valence-electron chi connectivity index (χ1n) is 11.6. The lowest BCUT2D eigenvalue weighted by Gasteiger charge is -2.05. The smallest absolute Gasteiger partial charge is 0.316 e. The summed E-state index contributed by atoms with van der Waals surface area (Å²) >= 11 is 4.05. The van der Waals surface area contributed by atoms with E-state index in [4.69, 9.17) is 10.2 Å². The first-order valence-corrected chi connectivity index (χ1v) is 12.1. The number of rotatable bonds is 20. The van der Waals surface area contributed by atoms with E-state index in [9.17, 15) is 9.59 Å². The first kappa shape index (κ1) is 27.8. The van der Waals surface area contributed by atoms with E-state index in [0.29, 0.717) is 6.42 Å². The second-order valence-corrected chi connectivity index (χ2v) is 8.57. The number of carboxylic acids is 2. The van der Waals surface area contributed by atoms with Crippen LogP contribution in [0.3, 0.4) is 0 Å². The van der Waals surface area contributed by atoms with Crippen LogP contribution in [0.5, 0.6) is 0 Å². The highest BCUT2D eigenvalue weighted by atomic mass is 32.1. The molecule has 0 aliphatic carbocycles. The Balaban J connectivity index is 3.16. The molecule has 0 aromatic carbocycles. The van der Waals surface area contributed by atoms with Crippen LogP contribution in [0.25, 0.3) is 0 Å². The Bertz CT molecular complexity index is 467. The topological polar surface area (TPSA) is 74.6 Å². The molecule has 29 heavy (non-hydrogen) atoms. The molecule has 0 saturated heterocycles. The molecule has 0 aromatic rings. The minimum Gasteiger partial charge on any atom is -0.481 e. The van der Waals surface area contributed by atoms with Gasteiger partial charge in [-0.15, -0.1) is 11.8 Å². The molecule has 0 bridgehead atoms. The standard InChI is InChI=1S/C24H42O4S/c25-23(26)21-19-17-15-13-11-9-7-5-3-1-2-4-6-8-10-12-14-16-18-20-22(29)24(27)28/h22,29H,1-8,10,12-21H2,(H,25,26)(H,27,28). The van der Waals surface area contributed by atoms with E-state index in [1.807, 2.05) is 0 Å². The predicted octanol–water partition coefficient (Wildman–Crippen LogP) is 6.87. The van der Waals surface area contributed by atoms with Gasteiger partial charge >= 0.3 is 11.9 Å². The molecule has 0 spiro atoms. The number of thiol groups is 1. The zero-order chi connectivity index (χ0) is 21.6. The number of aliphatic carboxylic acids is 2. The van der Waals surface area contributed by atoms with E-state index < -0.39 is 17.2 Å². The number of carboxylic acid groups (broad SMARTS) is 2. The highest BCUT2D eigenvalue weighted by Gasteiger charge is 2.10. The Hall–Kier alpha value is -1.15. The summed E-state index contributed by atoms with van der Waals surface area (Å²) in [4.78, 5) is 21.0. The molecule has 4 nitrogen and oxygen atoms in total. The van der Waals surface area contributed by atoms with Gasteiger partial charge in [0.05, 0.1) is 5.25 Å². The van der Waals surface area contributed by atoms with Crippen LogP contribution in [0.15, 0.2) is 0 Å². The van der Waals surface area contributed by atoms with Gasteiger partial charge in [-0.05, 0) is 25.7 Å². The summed E-state index contributed by atoms with van der Waals surface area (Å²) in [7, 11) is 0. The van der Waals surface area contributed by atoms with Crippen molar-refractivity contribution in [2.24, 2.45) is 0 Å². The first-order chi connectivity index (χ1) is 14.0. The molecule has 0 fully saturated rings. The van der Waals surface area contributed by atoms with Gasteiger partial charge in [-0.1, -0.05) is 77.0 Å². The SMILES string of the molecule is O=C(O)CCCCCC#CCCCCCCCCCCCCCCC(S)C(=O)O. The van der Waals surface area contributed by atoms with E-state index >= 15 is 0 Å². The summed E-state index contributed by atoms with van der Waals surface area (Å²) in [6.07, 6.45) is 20.6. The molecule has 0 amide bonds. The maximum absolute atomic E-state index is 10.7. The molecule has 0 heterocycles. The quantitative estimate of drug-likeness (QED) is 0.113. The van der Waals surface area contributed by atoms with Crippen molar-refractivity contribution in [3.05, 3.63) is 0 Å². The van der Waals surface area contributed by atoms with Gasteiger partial charge in [0.2, 0.25) is 0 Å². The van der Waals surface area contributed by atoms with Gasteiger partial charge in [-0.25, -0.2) is 0 Å². The Kier molecular flexibility index (Phi) is 20.7. The molecular formula is C24H42O4S. The van der Waals surface area contributed by atoms with Gasteiger partial charge in [0.15, 0.2) is 0 Å². The minimum atomic E-state index is -0.803. The fraction of sp³-hybridized carbons (Fsp3) is 0.833. The van der Waals surface area contributed by atoms with Crippen LogP contribution >= 0.6 is 12.6 Å². The monoisotopic (exact) mass is 426 g/mol. The van der Waals surface area contributed by atoms with Crippen LogP contribution in [0.2, 0.25) is 0 Å². The molecule has 2 N–H and O–H groups in total. The fourth-order valence-electron chi connectivity index (χ4n) is 3.29. The zero-order valence-corrected chi connectivity index (χ0v) is 19.1. The Morgan fingerprint density at radius 3 is 1.41 bits per heavy atom. The average molecular weight is 427 g/mol. The third-order valence-electron chi connectivity index (χ3n) is 5.13. The summed E-state index contributed by atoms with van der Waals surface area (Å²) in [6, 6.07) is 0. The maximum atomic E-state index is 10.7. The van der Waals surface area contributed by atoms with E-state index in [1.165, 1.54) is 64.2 Å². The van der Waals surface area contributed by atoms with Crippen molar-refractivity contribution in [3.8, 4) is 11.8 Å². The summed E-state index contributed by atoms with van der Waals surface area (Å²) in [5.41, 5.74) is 0. The van der Waals surface area contributed by atoms with E-state index in [0.717, 1.165) is 44.9 Å². The van der Waals surface area contributed by atoms with E-state index in [1.54, 1.807) is 0 Å². The van der Waals surface area contributed by atoms with Crippen LogP contribution < -0.4 is 0 Å². The fourth-order valence-corrected chi connectivity index (χ4v) is 3.47. The molecule has 0 rings (SSSR count). The lowest BCUT2D eigenvalue weighted by molar-refractivity contribution is -0.137. The van der Waals surface area contributed by atoms with E-state index in [2.05, 4.69) is 24.5 Å². The van der Waals surface area contributed by atoms with Crippen LogP contribution in [0.1, 0.15) is 122 Å². The van der Waals surface area contributed by atoms with Gasteiger partial charge in [-0.3, -0.25) is 9.59 Å². The zero-order valence-electron chi connectivity index (χ0n) is 18.2. The molecule has 168 valence electrons. The number of carbonyl (C=O) groups is 2. The molecule has 0 aliphatic rings. The van der Waals surface area contributed by atoms with Crippen LogP contribution in [-0.2, 0) is 9.59 Å². The van der Waals surface area contributed by atoms with Gasteiger partial charge in [0, 0.05) is 19.3 Å². The Labute approximate surface area is 183 Å². The van der Waals surface area contributed by atoms with Gasteiger partial charge < -0.3 is 10.2 Å². The Morgan fingerprint density at radius 2 is 1.00 bits per heavy atom. The molecular weight excluding hydrogens is 384 g/mol. The van der Waals surface area contributed by atoms with E-state index in [-0.39, 0.29) is 6.42 Å². The molecule has 0 aliphatic heterocycles. The van der Waals surface area contributed by atoms with Crippen LogP contribution in [0.4, 0.5) is 0 Å². The summed E-state index contributed by atoms with van der Waals surface area (Å²) in [6.45, 7) is 0. The lowest BCUT2D eigenvalue weighted by atomic mass is 10.0. The van der Waals surface area contributed by atoms with Crippen molar-refractivity contribution in [2.75, 3.05) is 0 Å². The number of hydrogen-bond donors (Lipinski definition) is 3. The molecule has 1 atom stereocenters. The van der Waals surface area contributed by atoms with Gasteiger partial charge in [0.1, 0.15) is 0 Å². The molecule has 1 unspecified atom stereocenters. The third-order valence-corrected chi connectivity index (χ3v) is 5.61. The van der Waals surface area contributed by atoms with Gasteiger partial charge in [0.25, 0.3) is 0 Å². The second kappa shape index (κ2) is 21.6. The highest BCUT2D eigenvalue weighted by molar-refractivity contribution is 7.81. The Morgan fingerprint density at radius 1 is 0.621 bits per heavy atom. The molecule has 0 aromatic heterocycles. The average Bonchev–Trinajstić information content (AvgIpc) is 2.68. The van der Waals surface area contributed by atoms with Crippen molar-refractivity contribution in [3.63, 3.8) is 0 Å². The summed E-state index contributed by atoms with van der Waals surface area (Å²) in [5, 5.41) is 16.8. The van der Waals surface area contributed by atoms with Crippen molar-refractivity contribution < 1.29 is 19.8 Å². The van der Waals surface area contributed by atoms with Crippen LogP contribution in [-0.4, -0.2) is 27.4 Å². The molecule has 0 radical (unpaired) electrons. The summed E-state index contributed by atoms with van der Waals surface area (Å²) < 4.78 is 0. The predicted molar refractivity (Wildman–Crippen MR) is 124 cm³/mol. The van der Waals surface area contributed by atoms with Crippen LogP contribution in [0, 0.1) is 11.8 Å². The van der Waals surface area contributed by atoms with Crippen molar-refractivity contribution in [1.29, 1.82) is 0 Å². The van der Waals surface area contributed by atoms with Crippen molar-refractivity contribution in [2.45, 2.75) is 127 Å². The maximum Gasteiger partial charge on any atom is 0.316 e. The number of unbranched alkanes of at least 4 members (excludes halogenated alkanes) is 15. The normalized spacial score (nSPS) is 11.6. The van der Waals surface area contributed by atoms with Gasteiger partial charge in [-0.2, -0.15) is 12.6 Å². The van der Waals surface area contributed by atoms with Crippen molar-refractivity contribution >= 4 is 24.6 Å². The molecule has 0 saturated carbocycles. The lowest BCUT2D eigenvalue weighted by Crippen LogP contribution is -2.12. The second-order valence-electron chi connectivity index (χ2n) is 7.94. The van der Waals surface area contributed by atoms with Crippen molar-refractivity contribution in [1.82, 2.24) is 0 Å². The molecule has 5 heteroatoms. The highest BCUT2D eigenvalue weighted by Crippen LogP contribution is 2.14.